The summed E-state index contributed by atoms with van der Waals surface area (Å²) in [5, 5.41) is 0. The maximum atomic E-state index is 12.9. The molecule has 3 heteroatoms. The largest absolute Gasteiger partial charge is 0.488 e. The van der Waals surface area contributed by atoms with Crippen molar-refractivity contribution in [1.29, 1.82) is 0 Å². The van der Waals surface area contributed by atoms with Crippen molar-refractivity contribution in [1.82, 2.24) is 0 Å². The molecule has 1 fully saturated rings. The summed E-state index contributed by atoms with van der Waals surface area (Å²) in [6, 6.07) is 4.65. The molecule has 2 rings (SSSR count). The molecule has 0 spiro atoms. The lowest BCUT2D eigenvalue weighted by Gasteiger charge is -2.26. The number of halogens is 1. The number of para-hydroxylation sites is 1. The molecule has 0 saturated heterocycles. The number of hydrogen-bond acceptors (Lipinski definition) is 2. The molecule has 1 aliphatic carbocycles. The van der Waals surface area contributed by atoms with Gasteiger partial charge in [-0.05, 0) is 31.4 Å². The van der Waals surface area contributed by atoms with Crippen molar-refractivity contribution in [3.63, 3.8) is 0 Å². The van der Waals surface area contributed by atoms with E-state index in [0.717, 1.165) is 12.8 Å². The first-order valence-electron chi connectivity index (χ1n) is 4.48. The van der Waals surface area contributed by atoms with Gasteiger partial charge in [-0.15, -0.1) is 0 Å². The molecule has 0 amide bonds. The third-order valence-electron chi connectivity index (χ3n) is 2.36. The highest BCUT2D eigenvalue weighted by molar-refractivity contribution is 5.53. The Morgan fingerprint density at radius 3 is 2.77 bits per heavy atom. The molecule has 1 saturated carbocycles. The van der Waals surface area contributed by atoms with Crippen molar-refractivity contribution in [3.8, 4) is 5.75 Å². The Labute approximate surface area is 76.5 Å². The summed E-state index contributed by atoms with van der Waals surface area (Å²) in [5.74, 6) is 0.0709. The zero-order chi connectivity index (χ0) is 9.26. The Morgan fingerprint density at radius 2 is 2.15 bits per heavy atom. The molecule has 0 bridgehead atoms. The van der Waals surface area contributed by atoms with Gasteiger partial charge in [0, 0.05) is 0 Å². The van der Waals surface area contributed by atoms with Gasteiger partial charge in [-0.1, -0.05) is 6.07 Å². The molecule has 13 heavy (non-hydrogen) atoms. The highest BCUT2D eigenvalue weighted by atomic mass is 19.1. The van der Waals surface area contributed by atoms with E-state index in [0.29, 0.717) is 5.75 Å². The zero-order valence-electron chi connectivity index (χ0n) is 7.29. The number of ether oxygens (including phenoxy) is 1. The van der Waals surface area contributed by atoms with E-state index in [1.165, 1.54) is 12.5 Å². The van der Waals surface area contributed by atoms with E-state index in [1.54, 1.807) is 12.1 Å². The van der Waals surface area contributed by atoms with E-state index in [4.69, 9.17) is 10.5 Å². The molecule has 1 aromatic carbocycles. The van der Waals surface area contributed by atoms with E-state index >= 15 is 0 Å². The zero-order valence-corrected chi connectivity index (χ0v) is 7.29. The van der Waals surface area contributed by atoms with Gasteiger partial charge in [-0.3, -0.25) is 0 Å². The van der Waals surface area contributed by atoms with Crippen LogP contribution in [0.25, 0.3) is 0 Å². The minimum absolute atomic E-state index is 0.120. The van der Waals surface area contributed by atoms with Crippen molar-refractivity contribution >= 4 is 5.69 Å². The Morgan fingerprint density at radius 1 is 1.38 bits per heavy atom. The van der Waals surface area contributed by atoms with Crippen LogP contribution in [0.3, 0.4) is 0 Å². The minimum atomic E-state index is -0.406. The second-order valence-corrected chi connectivity index (χ2v) is 3.32. The lowest BCUT2D eigenvalue weighted by Crippen LogP contribution is -2.25. The third-order valence-corrected chi connectivity index (χ3v) is 2.36. The minimum Gasteiger partial charge on any atom is -0.488 e. The van der Waals surface area contributed by atoms with Gasteiger partial charge in [0.2, 0.25) is 0 Å². The summed E-state index contributed by atoms with van der Waals surface area (Å²) in [6.07, 6.45) is 3.54. The first-order chi connectivity index (χ1) is 6.27. The maximum Gasteiger partial charge on any atom is 0.149 e. The third kappa shape index (κ3) is 1.59. The van der Waals surface area contributed by atoms with Crippen LogP contribution in [0.2, 0.25) is 0 Å². The summed E-state index contributed by atoms with van der Waals surface area (Å²) in [7, 11) is 0. The molecule has 0 unspecified atom stereocenters. The standard InChI is InChI=1S/C10H12FNO/c11-8-5-2-6-9(10(8)12)13-7-3-1-4-7/h2,5-7H,1,3-4,12H2. The summed E-state index contributed by atoms with van der Waals surface area (Å²) >= 11 is 0. The number of hydrogen-bond donors (Lipinski definition) is 1. The second-order valence-electron chi connectivity index (χ2n) is 3.32. The fraction of sp³-hybridized carbons (Fsp3) is 0.400. The topological polar surface area (TPSA) is 35.2 Å². The molecule has 1 aliphatic rings. The van der Waals surface area contributed by atoms with Crippen LogP contribution in [0.4, 0.5) is 10.1 Å². The van der Waals surface area contributed by atoms with Crippen molar-refractivity contribution in [2.45, 2.75) is 25.4 Å². The fourth-order valence-corrected chi connectivity index (χ4v) is 1.29. The average Bonchev–Trinajstić information content (AvgIpc) is 2.04. The predicted octanol–water partition coefficient (Wildman–Crippen LogP) is 2.34. The van der Waals surface area contributed by atoms with Crippen LogP contribution >= 0.6 is 0 Å². The number of benzene rings is 1. The number of nitrogens with two attached hydrogens (primary N) is 1. The van der Waals surface area contributed by atoms with Crippen molar-refractivity contribution in [2.24, 2.45) is 0 Å². The van der Waals surface area contributed by atoms with Crippen molar-refractivity contribution in [3.05, 3.63) is 24.0 Å². The number of anilines is 1. The monoisotopic (exact) mass is 181 g/mol. The van der Waals surface area contributed by atoms with E-state index < -0.39 is 5.82 Å². The van der Waals surface area contributed by atoms with Gasteiger partial charge in [-0.2, -0.15) is 0 Å². The predicted molar refractivity (Wildman–Crippen MR) is 49.1 cm³/mol. The van der Waals surface area contributed by atoms with Gasteiger partial charge in [-0.25, -0.2) is 4.39 Å². The first-order valence-corrected chi connectivity index (χ1v) is 4.48. The molecule has 2 N–H and O–H groups in total. The Kier molecular flexibility index (Phi) is 2.08. The summed E-state index contributed by atoms with van der Waals surface area (Å²) in [6.45, 7) is 0. The van der Waals surface area contributed by atoms with Crippen LogP contribution in [0, 0.1) is 5.82 Å². The van der Waals surface area contributed by atoms with E-state index in [9.17, 15) is 4.39 Å². The van der Waals surface area contributed by atoms with Gasteiger partial charge in [0.05, 0.1) is 6.10 Å². The maximum absolute atomic E-state index is 12.9. The number of rotatable bonds is 2. The van der Waals surface area contributed by atoms with Crippen LogP contribution in [0.5, 0.6) is 5.75 Å². The SMILES string of the molecule is Nc1c(F)cccc1OC1CCC1. The highest BCUT2D eigenvalue weighted by Crippen LogP contribution is 2.30. The normalized spacial score (nSPS) is 16.7. The van der Waals surface area contributed by atoms with Gasteiger partial charge in [0.25, 0.3) is 0 Å². The fourth-order valence-electron chi connectivity index (χ4n) is 1.29. The molecule has 0 aliphatic heterocycles. The summed E-state index contributed by atoms with van der Waals surface area (Å²) < 4.78 is 18.4. The Balaban J connectivity index is 2.14. The molecular weight excluding hydrogens is 169 g/mol. The lowest BCUT2D eigenvalue weighted by molar-refractivity contribution is 0.121. The van der Waals surface area contributed by atoms with Crippen molar-refractivity contribution in [2.75, 3.05) is 5.73 Å². The smallest absolute Gasteiger partial charge is 0.149 e. The first kappa shape index (κ1) is 8.35. The molecule has 2 nitrogen and oxygen atoms in total. The van der Waals surface area contributed by atoms with E-state index in [-0.39, 0.29) is 11.8 Å². The van der Waals surface area contributed by atoms with Gasteiger partial charge in [0.1, 0.15) is 17.3 Å². The van der Waals surface area contributed by atoms with E-state index in [2.05, 4.69) is 0 Å². The van der Waals surface area contributed by atoms with E-state index in [1.807, 2.05) is 0 Å². The quantitative estimate of drug-likeness (QED) is 0.711. The van der Waals surface area contributed by atoms with Crippen molar-refractivity contribution < 1.29 is 9.13 Å². The Bertz CT molecular complexity index is 310. The van der Waals surface area contributed by atoms with Crippen LogP contribution in [-0.2, 0) is 0 Å². The van der Waals surface area contributed by atoms with Gasteiger partial charge in [0.15, 0.2) is 0 Å². The summed E-state index contributed by atoms with van der Waals surface area (Å²) in [5.41, 5.74) is 5.63. The summed E-state index contributed by atoms with van der Waals surface area (Å²) in [4.78, 5) is 0. The van der Waals surface area contributed by atoms with Crippen LogP contribution < -0.4 is 10.5 Å². The van der Waals surface area contributed by atoms with Crippen LogP contribution in [0.15, 0.2) is 18.2 Å². The van der Waals surface area contributed by atoms with Crippen LogP contribution in [0.1, 0.15) is 19.3 Å². The Hall–Kier alpha value is -1.25. The molecule has 1 aromatic rings. The molecule has 0 aromatic heterocycles. The van der Waals surface area contributed by atoms with Crippen LogP contribution in [-0.4, -0.2) is 6.10 Å². The molecule has 0 heterocycles. The second kappa shape index (κ2) is 3.24. The van der Waals surface area contributed by atoms with Gasteiger partial charge < -0.3 is 10.5 Å². The highest BCUT2D eigenvalue weighted by Gasteiger charge is 2.20. The molecular formula is C10H12FNO. The lowest BCUT2D eigenvalue weighted by atomic mass is 9.96. The van der Waals surface area contributed by atoms with Gasteiger partial charge >= 0.3 is 0 Å². The molecule has 0 atom stereocenters. The average molecular weight is 181 g/mol. The number of nitrogen functional groups attached to an aromatic ring is 1. The molecule has 70 valence electrons. The molecule has 0 radical (unpaired) electrons.